The molecule has 1 aromatic rings. The van der Waals surface area contributed by atoms with Crippen molar-refractivity contribution in [1.29, 1.82) is 0 Å². The summed E-state index contributed by atoms with van der Waals surface area (Å²) in [6.07, 6.45) is 6.45. The number of rotatable bonds is 2. The van der Waals surface area contributed by atoms with Crippen molar-refractivity contribution in [3.8, 4) is 0 Å². The summed E-state index contributed by atoms with van der Waals surface area (Å²) in [4.78, 5) is 12.3. The molecule has 2 rings (SSSR count). The number of carbonyl (C=O) groups is 1. The highest BCUT2D eigenvalue weighted by atomic mass is 79.9. The van der Waals surface area contributed by atoms with Gasteiger partial charge in [-0.05, 0) is 55.9 Å². The van der Waals surface area contributed by atoms with E-state index < -0.39 is 0 Å². The Morgan fingerprint density at radius 1 is 1.31 bits per heavy atom. The fourth-order valence-electron chi connectivity index (χ4n) is 2.06. The van der Waals surface area contributed by atoms with Crippen LogP contribution in [0.5, 0.6) is 0 Å². The molecule has 0 N–H and O–H groups in total. The van der Waals surface area contributed by atoms with E-state index in [9.17, 15) is 4.79 Å². The summed E-state index contributed by atoms with van der Waals surface area (Å²) < 4.78 is 0.970. The van der Waals surface area contributed by atoms with Crippen LogP contribution in [0.3, 0.4) is 0 Å². The van der Waals surface area contributed by atoms with Crippen molar-refractivity contribution in [3.63, 3.8) is 0 Å². The van der Waals surface area contributed by atoms with Crippen LogP contribution in [0, 0.1) is 6.92 Å². The Morgan fingerprint density at radius 3 is 2.81 bits per heavy atom. The van der Waals surface area contributed by atoms with E-state index in [0.717, 1.165) is 40.4 Å². The van der Waals surface area contributed by atoms with Crippen LogP contribution in [0.15, 0.2) is 34.3 Å². The fraction of sp³-hybridized carbons (Fsp3) is 0.357. The molecule has 0 saturated heterocycles. The van der Waals surface area contributed by atoms with E-state index in [1.54, 1.807) is 0 Å². The van der Waals surface area contributed by atoms with E-state index >= 15 is 0 Å². The molecule has 0 unspecified atom stereocenters. The van der Waals surface area contributed by atoms with Gasteiger partial charge in [-0.3, -0.25) is 4.79 Å². The zero-order chi connectivity index (χ0) is 11.5. The van der Waals surface area contributed by atoms with Gasteiger partial charge in [-0.15, -0.1) is 0 Å². The van der Waals surface area contributed by atoms with Gasteiger partial charge in [0, 0.05) is 10.0 Å². The summed E-state index contributed by atoms with van der Waals surface area (Å²) in [6.45, 7) is 1.99. The minimum atomic E-state index is 0.207. The molecule has 0 spiro atoms. The second-order valence-electron chi connectivity index (χ2n) is 4.26. The molecule has 84 valence electrons. The maximum absolute atomic E-state index is 12.3. The molecule has 1 aromatic carbocycles. The average Bonchev–Trinajstić information content (AvgIpc) is 2.32. The number of hydrogen-bond donors (Lipinski definition) is 0. The van der Waals surface area contributed by atoms with Crippen molar-refractivity contribution in [2.45, 2.75) is 32.6 Å². The Morgan fingerprint density at radius 2 is 2.12 bits per heavy atom. The van der Waals surface area contributed by atoms with Crippen molar-refractivity contribution >= 4 is 21.7 Å². The van der Waals surface area contributed by atoms with Gasteiger partial charge < -0.3 is 0 Å². The van der Waals surface area contributed by atoms with Crippen LogP contribution in [0.1, 0.15) is 41.6 Å². The van der Waals surface area contributed by atoms with Gasteiger partial charge in [0.25, 0.3) is 0 Å². The molecule has 1 aliphatic carbocycles. The molecule has 0 heterocycles. The van der Waals surface area contributed by atoms with Crippen molar-refractivity contribution < 1.29 is 4.79 Å². The Hall–Kier alpha value is -0.890. The van der Waals surface area contributed by atoms with Gasteiger partial charge in [0.15, 0.2) is 5.78 Å². The monoisotopic (exact) mass is 278 g/mol. The molecule has 0 aromatic heterocycles. The predicted molar refractivity (Wildman–Crippen MR) is 69.8 cm³/mol. The standard InChI is InChI=1S/C14H15BrO/c1-10-7-8-12(15)9-13(10)14(16)11-5-3-2-4-6-11/h5,7-9H,2-4,6H2,1H3. The molecule has 0 saturated carbocycles. The number of halogens is 1. The largest absolute Gasteiger partial charge is 0.289 e. The molecule has 1 aliphatic rings. The molecule has 0 fully saturated rings. The first-order chi connectivity index (χ1) is 7.68. The van der Waals surface area contributed by atoms with Crippen molar-refractivity contribution in [2.75, 3.05) is 0 Å². The zero-order valence-electron chi connectivity index (χ0n) is 9.42. The van der Waals surface area contributed by atoms with Crippen LogP contribution in [0.2, 0.25) is 0 Å². The van der Waals surface area contributed by atoms with E-state index in [4.69, 9.17) is 0 Å². The normalized spacial score (nSPS) is 15.8. The Bertz CT molecular complexity index is 446. The lowest BCUT2D eigenvalue weighted by molar-refractivity contribution is 0.102. The van der Waals surface area contributed by atoms with E-state index in [1.165, 1.54) is 6.42 Å². The third kappa shape index (κ3) is 2.43. The first-order valence-corrected chi connectivity index (χ1v) is 6.47. The lowest BCUT2D eigenvalue weighted by Crippen LogP contribution is -2.08. The van der Waals surface area contributed by atoms with Gasteiger partial charge in [0.05, 0.1) is 0 Å². The first kappa shape index (κ1) is 11.6. The van der Waals surface area contributed by atoms with E-state index in [0.29, 0.717) is 0 Å². The van der Waals surface area contributed by atoms with Crippen molar-refractivity contribution in [2.24, 2.45) is 0 Å². The molecule has 0 amide bonds. The second-order valence-corrected chi connectivity index (χ2v) is 5.18. The number of Topliss-reactive ketones (excluding diaryl/α,β-unsaturated/α-hetero) is 1. The Kier molecular flexibility index (Phi) is 3.59. The quantitative estimate of drug-likeness (QED) is 0.731. The highest BCUT2D eigenvalue weighted by Gasteiger charge is 2.16. The molecule has 16 heavy (non-hydrogen) atoms. The van der Waals surface area contributed by atoms with Crippen LogP contribution in [-0.4, -0.2) is 5.78 Å². The maximum Gasteiger partial charge on any atom is 0.188 e. The summed E-state index contributed by atoms with van der Waals surface area (Å²) >= 11 is 3.42. The second kappa shape index (κ2) is 4.96. The molecular weight excluding hydrogens is 264 g/mol. The number of carbonyl (C=O) groups excluding carboxylic acids is 1. The average molecular weight is 279 g/mol. The van der Waals surface area contributed by atoms with Gasteiger partial charge in [0.2, 0.25) is 0 Å². The number of benzene rings is 1. The molecule has 0 aliphatic heterocycles. The lowest BCUT2D eigenvalue weighted by Gasteiger charge is -2.13. The van der Waals surface area contributed by atoms with Crippen molar-refractivity contribution in [3.05, 3.63) is 45.4 Å². The molecule has 2 heteroatoms. The van der Waals surface area contributed by atoms with Gasteiger partial charge in [-0.2, -0.15) is 0 Å². The van der Waals surface area contributed by atoms with Crippen LogP contribution in [0.25, 0.3) is 0 Å². The minimum Gasteiger partial charge on any atom is -0.289 e. The van der Waals surface area contributed by atoms with E-state index in [1.807, 2.05) is 25.1 Å². The summed E-state index contributed by atoms with van der Waals surface area (Å²) in [5.74, 6) is 0.207. The SMILES string of the molecule is Cc1ccc(Br)cc1C(=O)C1=CCCCC1. The lowest BCUT2D eigenvalue weighted by atomic mass is 9.91. The van der Waals surface area contributed by atoms with Crippen LogP contribution in [-0.2, 0) is 0 Å². The number of ketones is 1. The smallest absolute Gasteiger partial charge is 0.188 e. The van der Waals surface area contributed by atoms with Gasteiger partial charge in [-0.1, -0.05) is 28.1 Å². The fourth-order valence-corrected chi connectivity index (χ4v) is 2.42. The molecule has 0 atom stereocenters. The van der Waals surface area contributed by atoms with Crippen molar-refractivity contribution in [1.82, 2.24) is 0 Å². The van der Waals surface area contributed by atoms with Crippen LogP contribution >= 0.6 is 15.9 Å². The third-order valence-corrected chi connectivity index (χ3v) is 3.52. The number of allylic oxidation sites excluding steroid dienone is 2. The Balaban J connectivity index is 2.33. The highest BCUT2D eigenvalue weighted by Crippen LogP contribution is 2.24. The molecule has 1 nitrogen and oxygen atoms in total. The van der Waals surface area contributed by atoms with Gasteiger partial charge in [-0.25, -0.2) is 0 Å². The van der Waals surface area contributed by atoms with Gasteiger partial charge >= 0.3 is 0 Å². The van der Waals surface area contributed by atoms with Crippen LogP contribution in [0.4, 0.5) is 0 Å². The summed E-state index contributed by atoms with van der Waals surface area (Å²) in [6, 6.07) is 5.88. The minimum absolute atomic E-state index is 0.207. The predicted octanol–water partition coefficient (Wildman–Crippen LogP) is 4.44. The molecule has 0 radical (unpaired) electrons. The molecular formula is C14H15BrO. The zero-order valence-corrected chi connectivity index (χ0v) is 11.0. The number of aryl methyl sites for hydroxylation is 1. The van der Waals surface area contributed by atoms with Crippen LogP contribution < -0.4 is 0 Å². The number of hydrogen-bond acceptors (Lipinski definition) is 1. The third-order valence-electron chi connectivity index (χ3n) is 3.03. The topological polar surface area (TPSA) is 17.1 Å². The van der Waals surface area contributed by atoms with E-state index in [-0.39, 0.29) is 5.78 Å². The van der Waals surface area contributed by atoms with Gasteiger partial charge in [0.1, 0.15) is 0 Å². The summed E-state index contributed by atoms with van der Waals surface area (Å²) in [5, 5.41) is 0. The summed E-state index contributed by atoms with van der Waals surface area (Å²) in [5.41, 5.74) is 2.88. The first-order valence-electron chi connectivity index (χ1n) is 5.68. The molecule has 0 bridgehead atoms. The summed E-state index contributed by atoms with van der Waals surface area (Å²) in [7, 11) is 0. The highest BCUT2D eigenvalue weighted by molar-refractivity contribution is 9.10. The van der Waals surface area contributed by atoms with E-state index in [2.05, 4.69) is 22.0 Å². The Labute approximate surface area is 105 Å². The maximum atomic E-state index is 12.3.